The van der Waals surface area contributed by atoms with Gasteiger partial charge in [-0.15, -0.1) is 0 Å². The van der Waals surface area contributed by atoms with Gasteiger partial charge >= 0.3 is 59.1 Å². The Morgan fingerprint density at radius 1 is 0.833 bits per heavy atom. The fraction of sp³-hybridized carbons (Fsp3) is 0. The molecule has 0 heterocycles. The molecular formula is H6Na2O8P2. The van der Waals surface area contributed by atoms with Gasteiger partial charge in [0.1, 0.15) is 0 Å². The summed E-state index contributed by atoms with van der Waals surface area (Å²) in [6.45, 7) is 0. The average Bonchev–Trinajstić information content (AvgIpc) is 1.25. The third-order valence-corrected chi connectivity index (χ3v) is 2.87. The van der Waals surface area contributed by atoms with Crippen LogP contribution in [0, 0.1) is 0 Å². The Morgan fingerprint density at radius 2 is 0.917 bits per heavy atom. The van der Waals surface area contributed by atoms with Crippen molar-refractivity contribution in [3.63, 3.8) is 0 Å². The zero-order chi connectivity index (χ0) is 7.00. The molecule has 8 nitrogen and oxygen atoms in total. The van der Waals surface area contributed by atoms with Gasteiger partial charge in [0.2, 0.25) is 14.6 Å². The van der Waals surface area contributed by atoms with Crippen LogP contribution in [-0.2, 0) is 9.13 Å². The summed E-state index contributed by atoms with van der Waals surface area (Å²) in [6, 6.07) is 0. The van der Waals surface area contributed by atoms with E-state index in [0.717, 1.165) is 0 Å². The van der Waals surface area contributed by atoms with Crippen LogP contribution in [0.4, 0.5) is 0 Å². The Labute approximate surface area is 112 Å². The predicted molar refractivity (Wildman–Crippen MR) is 26.9 cm³/mol. The Bertz CT molecular complexity index is 144. The molecule has 0 aromatic rings. The normalized spacial score (nSPS) is 17.3. The van der Waals surface area contributed by atoms with Gasteiger partial charge in [-0.1, -0.05) is 0 Å². The van der Waals surface area contributed by atoms with E-state index in [4.69, 9.17) is 9.79 Å². The van der Waals surface area contributed by atoms with E-state index in [1.54, 1.807) is 0 Å². The summed E-state index contributed by atoms with van der Waals surface area (Å²) in [5, 5.41) is 0. The molecule has 12 heteroatoms. The molecule has 0 rings (SSSR count). The third-order valence-electron chi connectivity index (χ3n) is 0.319. The first-order valence-electron chi connectivity index (χ1n) is 1.33. The number of hydrogen-bond acceptors (Lipinski definition) is 4. The first-order chi connectivity index (χ1) is 3.25. The quantitative estimate of drug-likeness (QED) is 0.339. The molecule has 0 radical (unpaired) electrons. The van der Waals surface area contributed by atoms with Crippen LogP contribution >= 0.6 is 14.6 Å². The maximum atomic E-state index is 9.41. The zero-order valence-corrected chi connectivity index (χ0v) is 12.2. The summed E-state index contributed by atoms with van der Waals surface area (Å²) in [5.41, 5.74) is 0. The van der Waals surface area contributed by atoms with Crippen LogP contribution in [0.25, 0.3) is 0 Å². The van der Waals surface area contributed by atoms with E-state index < -0.39 is 14.6 Å². The van der Waals surface area contributed by atoms with Crippen molar-refractivity contribution >= 4 is 14.6 Å². The molecule has 6 N–H and O–H groups in total. The molecule has 0 amide bonds. The Kier molecular flexibility index (Phi) is 23.8. The van der Waals surface area contributed by atoms with Crippen molar-refractivity contribution in [3.8, 4) is 0 Å². The van der Waals surface area contributed by atoms with E-state index in [1.165, 1.54) is 0 Å². The molecule has 2 unspecified atom stereocenters. The van der Waals surface area contributed by atoms with Crippen molar-refractivity contribution in [2.75, 3.05) is 0 Å². The van der Waals surface area contributed by atoms with E-state index in [9.17, 15) is 18.9 Å². The molecule has 2 atom stereocenters. The Balaban J connectivity index is -0.0000000408. The SMILES string of the molecule is O.O.O=P([O-])(O)P(=O)([O-])O.[Na+].[Na+]. The first kappa shape index (κ1) is 29.2. The van der Waals surface area contributed by atoms with Crippen LogP contribution in [0.1, 0.15) is 0 Å². The standard InChI is InChI=1S/2Na.H4O6P2.2H2O/c;;1-7(2,3)8(4,5)6;;/h;;(H2,1,2,3)(H2,4,5,6);2*1H2/q2*+1;;;/p-2. The second-order valence-corrected chi connectivity index (χ2v) is 5.98. The van der Waals surface area contributed by atoms with Crippen LogP contribution in [0.5, 0.6) is 0 Å². The van der Waals surface area contributed by atoms with Crippen LogP contribution in [0.2, 0.25) is 0 Å². The van der Waals surface area contributed by atoms with E-state index >= 15 is 0 Å². The first-order valence-corrected chi connectivity index (χ1v) is 5.19. The molecule has 12 heavy (non-hydrogen) atoms. The van der Waals surface area contributed by atoms with Crippen molar-refractivity contribution in [3.05, 3.63) is 0 Å². The van der Waals surface area contributed by atoms with Gasteiger partial charge in [0.25, 0.3) is 0 Å². The minimum absolute atomic E-state index is 0. The maximum Gasteiger partial charge on any atom is 1.00 e. The molecule has 66 valence electrons. The predicted octanol–water partition coefficient (Wildman–Crippen LogP) is -9.65. The van der Waals surface area contributed by atoms with Crippen LogP contribution in [0.3, 0.4) is 0 Å². The minimum atomic E-state index is -5.54. The summed E-state index contributed by atoms with van der Waals surface area (Å²) >= 11 is 0. The molecule has 0 aliphatic carbocycles. The summed E-state index contributed by atoms with van der Waals surface area (Å²) in [5.74, 6) is 0. The topological polar surface area (TPSA) is 184 Å². The van der Waals surface area contributed by atoms with Gasteiger partial charge in [-0.3, -0.25) is 0 Å². The fourth-order valence-corrected chi connectivity index (χ4v) is 0. The summed E-state index contributed by atoms with van der Waals surface area (Å²) < 4.78 is 18.8. The second-order valence-electron chi connectivity index (χ2n) is 0.981. The molecular weight excluding hydrogens is 236 g/mol. The molecule has 0 bridgehead atoms. The second kappa shape index (κ2) is 9.76. The molecule has 0 saturated heterocycles. The fourth-order valence-electron chi connectivity index (χ4n) is 0. The van der Waals surface area contributed by atoms with E-state index in [2.05, 4.69) is 0 Å². The number of hydrogen-bond donors (Lipinski definition) is 2. The van der Waals surface area contributed by atoms with Crippen LogP contribution in [0.15, 0.2) is 0 Å². The monoisotopic (exact) mass is 242 g/mol. The van der Waals surface area contributed by atoms with Gasteiger partial charge < -0.3 is 39.7 Å². The van der Waals surface area contributed by atoms with Gasteiger partial charge in [-0.05, 0) is 0 Å². The van der Waals surface area contributed by atoms with Crippen LogP contribution < -0.4 is 68.9 Å². The van der Waals surface area contributed by atoms with Crippen molar-refractivity contribution in [2.24, 2.45) is 0 Å². The zero-order valence-electron chi connectivity index (χ0n) is 6.42. The molecule has 0 aromatic heterocycles. The smallest absolute Gasteiger partial charge is 0.772 e. The van der Waals surface area contributed by atoms with E-state index in [-0.39, 0.29) is 70.1 Å². The van der Waals surface area contributed by atoms with E-state index in [0.29, 0.717) is 0 Å². The van der Waals surface area contributed by atoms with Gasteiger partial charge in [0.05, 0.1) is 0 Å². The Hall–Kier alpha value is 2.22. The van der Waals surface area contributed by atoms with Gasteiger partial charge in [0, 0.05) is 0 Å². The third kappa shape index (κ3) is 12.2. The largest absolute Gasteiger partial charge is 1.00 e. The minimum Gasteiger partial charge on any atom is -0.772 e. The summed E-state index contributed by atoms with van der Waals surface area (Å²) in [7, 11) is -11.1. The van der Waals surface area contributed by atoms with Gasteiger partial charge in [-0.2, -0.15) is 0 Å². The van der Waals surface area contributed by atoms with Crippen molar-refractivity contribution in [1.29, 1.82) is 0 Å². The average molecular weight is 242 g/mol. The molecule has 0 fully saturated rings. The van der Waals surface area contributed by atoms with Crippen molar-refractivity contribution in [2.45, 2.75) is 0 Å². The van der Waals surface area contributed by atoms with Crippen molar-refractivity contribution < 1.29 is 98.8 Å². The van der Waals surface area contributed by atoms with E-state index in [1.807, 2.05) is 0 Å². The molecule has 0 aliphatic rings. The van der Waals surface area contributed by atoms with Gasteiger partial charge in [-0.25, -0.2) is 0 Å². The molecule has 0 aliphatic heterocycles. The van der Waals surface area contributed by atoms with Crippen molar-refractivity contribution in [1.82, 2.24) is 0 Å². The maximum absolute atomic E-state index is 9.41. The number of rotatable bonds is 1. The summed E-state index contributed by atoms with van der Waals surface area (Å²) in [4.78, 5) is 33.9. The molecule has 0 saturated carbocycles. The van der Waals surface area contributed by atoms with Crippen LogP contribution in [-0.4, -0.2) is 20.7 Å². The summed E-state index contributed by atoms with van der Waals surface area (Å²) in [6.07, 6.45) is 0. The van der Waals surface area contributed by atoms with Gasteiger partial charge in [0.15, 0.2) is 0 Å². The molecule has 0 spiro atoms. The Morgan fingerprint density at radius 3 is 0.917 bits per heavy atom. The molecule has 0 aromatic carbocycles.